The van der Waals surface area contributed by atoms with E-state index in [-0.39, 0.29) is 0 Å². The molecule has 0 bridgehead atoms. The van der Waals surface area contributed by atoms with E-state index < -0.39 is 5.97 Å². The van der Waals surface area contributed by atoms with Gasteiger partial charge < -0.3 is 5.11 Å². The van der Waals surface area contributed by atoms with Gasteiger partial charge in [-0.1, -0.05) is 59.7 Å². The number of carboxylic acid groups (broad SMARTS) is 1. The average Bonchev–Trinajstić information content (AvgIpc) is 2.66. The zero-order chi connectivity index (χ0) is 21.4. The molecule has 1 N–H and O–H groups in total. The zero-order valence-electron chi connectivity index (χ0n) is 19.6. The van der Waals surface area contributed by atoms with Crippen LogP contribution in [0.1, 0.15) is 126 Å². The number of carbonyl (C=O) groups is 1. The molecule has 2 aliphatic rings. The van der Waals surface area contributed by atoms with Gasteiger partial charge in [-0.25, -0.2) is 4.79 Å². The van der Waals surface area contributed by atoms with Gasteiger partial charge in [0.25, 0.3) is 0 Å². The molecule has 2 saturated carbocycles. The molecule has 0 amide bonds. The van der Waals surface area contributed by atoms with Crippen LogP contribution in [0.15, 0.2) is 18.2 Å². The largest absolute Gasteiger partial charge is 0.478 e. The average molecular weight is 399 g/mol. The van der Waals surface area contributed by atoms with Crippen molar-refractivity contribution in [2.75, 3.05) is 0 Å². The molecule has 0 unspecified atom stereocenters. The normalized spacial score (nSPS) is 28.9. The summed E-state index contributed by atoms with van der Waals surface area (Å²) in [5.41, 5.74) is 3.58. The maximum absolute atomic E-state index is 12.4. The molecule has 1 aromatic carbocycles. The number of carboxylic acids is 1. The topological polar surface area (TPSA) is 37.3 Å². The molecule has 0 aliphatic heterocycles. The highest BCUT2D eigenvalue weighted by Gasteiger charge is 2.35. The smallest absolute Gasteiger partial charge is 0.336 e. The summed E-state index contributed by atoms with van der Waals surface area (Å²) >= 11 is 0. The van der Waals surface area contributed by atoms with E-state index in [1.807, 2.05) is 0 Å². The van der Waals surface area contributed by atoms with Crippen molar-refractivity contribution in [2.45, 2.75) is 105 Å². The first-order valence-corrected chi connectivity index (χ1v) is 11.8. The van der Waals surface area contributed by atoms with E-state index in [4.69, 9.17) is 0 Å². The van der Waals surface area contributed by atoms with E-state index in [9.17, 15) is 9.90 Å². The Kier molecular flexibility index (Phi) is 6.51. The van der Waals surface area contributed by atoms with Crippen LogP contribution in [0, 0.1) is 22.7 Å². The molecule has 2 nitrogen and oxygen atoms in total. The van der Waals surface area contributed by atoms with Crippen LogP contribution in [-0.4, -0.2) is 11.1 Å². The zero-order valence-corrected chi connectivity index (χ0v) is 19.6. The second-order valence-corrected chi connectivity index (χ2v) is 11.9. The van der Waals surface area contributed by atoms with Crippen molar-refractivity contribution in [3.05, 3.63) is 34.9 Å². The van der Waals surface area contributed by atoms with E-state index in [1.165, 1.54) is 25.7 Å². The molecule has 0 radical (unpaired) electrons. The van der Waals surface area contributed by atoms with Gasteiger partial charge in [0.1, 0.15) is 0 Å². The number of benzene rings is 1. The summed E-state index contributed by atoms with van der Waals surface area (Å²) in [5, 5.41) is 10.2. The monoisotopic (exact) mass is 398 g/mol. The minimum atomic E-state index is -0.716. The number of hydrogen-bond acceptors (Lipinski definition) is 1. The molecule has 0 aromatic heterocycles. The first-order chi connectivity index (χ1) is 13.5. The Morgan fingerprint density at radius 3 is 1.34 bits per heavy atom. The third-order valence-corrected chi connectivity index (χ3v) is 8.13. The van der Waals surface area contributed by atoms with Gasteiger partial charge in [0, 0.05) is 0 Å². The van der Waals surface area contributed by atoms with Crippen LogP contribution in [0.2, 0.25) is 0 Å². The fraction of sp³-hybridized carbons (Fsp3) is 0.741. The lowest BCUT2D eigenvalue weighted by molar-refractivity contribution is 0.0690. The number of aromatic carboxylic acids is 1. The maximum atomic E-state index is 12.4. The summed E-state index contributed by atoms with van der Waals surface area (Å²) in [6.45, 7) is 14.1. The van der Waals surface area contributed by atoms with E-state index in [1.54, 1.807) is 0 Å². The Balaban J connectivity index is 1.80. The molecular weight excluding hydrogens is 356 g/mol. The minimum absolute atomic E-state index is 0.355. The Hall–Kier alpha value is -1.31. The standard InChI is InChI=1S/C27H42O2/c1-26(2,3)20-14-10-18(11-15-20)22-8-7-9-23(24(22)25(28)29)19-12-16-21(17-13-19)27(4,5)6/h7-9,18-21H,10-17H2,1-6H3,(H,28,29). The highest BCUT2D eigenvalue weighted by atomic mass is 16.4. The molecule has 0 saturated heterocycles. The van der Waals surface area contributed by atoms with Gasteiger partial charge in [-0.2, -0.15) is 0 Å². The second-order valence-electron chi connectivity index (χ2n) is 11.9. The molecule has 3 rings (SSSR count). The van der Waals surface area contributed by atoms with Gasteiger partial charge >= 0.3 is 5.97 Å². The van der Waals surface area contributed by atoms with Crippen molar-refractivity contribution in [3.63, 3.8) is 0 Å². The van der Waals surface area contributed by atoms with Crippen LogP contribution in [0.3, 0.4) is 0 Å². The Bertz CT molecular complexity index is 651. The predicted octanol–water partition coefficient (Wildman–Crippen LogP) is 8.02. The molecule has 0 spiro atoms. The first-order valence-electron chi connectivity index (χ1n) is 11.8. The predicted molar refractivity (Wildman–Crippen MR) is 122 cm³/mol. The van der Waals surface area contributed by atoms with Gasteiger partial charge in [-0.3, -0.25) is 0 Å². The maximum Gasteiger partial charge on any atom is 0.336 e. The summed E-state index contributed by atoms with van der Waals surface area (Å²) in [6, 6.07) is 6.34. The van der Waals surface area contributed by atoms with Gasteiger partial charge in [0.05, 0.1) is 5.56 Å². The van der Waals surface area contributed by atoms with Gasteiger partial charge in [0.15, 0.2) is 0 Å². The molecule has 2 heteroatoms. The highest BCUT2D eigenvalue weighted by molar-refractivity contribution is 5.91. The molecule has 2 aliphatic carbocycles. The van der Waals surface area contributed by atoms with Crippen molar-refractivity contribution < 1.29 is 9.90 Å². The Morgan fingerprint density at radius 1 is 0.724 bits per heavy atom. The first kappa shape index (κ1) is 22.4. The van der Waals surface area contributed by atoms with Crippen molar-refractivity contribution >= 4 is 5.97 Å². The van der Waals surface area contributed by atoms with Gasteiger partial charge in [0.2, 0.25) is 0 Å². The van der Waals surface area contributed by atoms with Crippen LogP contribution in [-0.2, 0) is 0 Å². The van der Waals surface area contributed by atoms with Gasteiger partial charge in [-0.05, 0) is 97.0 Å². The molecule has 162 valence electrons. The third kappa shape index (κ3) is 5.06. The van der Waals surface area contributed by atoms with Crippen molar-refractivity contribution in [2.24, 2.45) is 22.7 Å². The fourth-order valence-corrected chi connectivity index (χ4v) is 6.06. The van der Waals surface area contributed by atoms with Crippen molar-refractivity contribution in [3.8, 4) is 0 Å². The van der Waals surface area contributed by atoms with E-state index in [0.717, 1.165) is 48.6 Å². The number of rotatable bonds is 3. The van der Waals surface area contributed by atoms with Crippen LogP contribution >= 0.6 is 0 Å². The summed E-state index contributed by atoms with van der Waals surface area (Å²) in [5.74, 6) is 1.60. The molecular formula is C27H42O2. The van der Waals surface area contributed by atoms with Crippen molar-refractivity contribution in [1.29, 1.82) is 0 Å². The lowest BCUT2D eigenvalue weighted by atomic mass is 9.66. The molecule has 0 atom stereocenters. The number of hydrogen-bond donors (Lipinski definition) is 1. The van der Waals surface area contributed by atoms with Crippen LogP contribution in [0.4, 0.5) is 0 Å². The lowest BCUT2D eigenvalue weighted by Crippen LogP contribution is -2.27. The van der Waals surface area contributed by atoms with Crippen LogP contribution in [0.5, 0.6) is 0 Å². The van der Waals surface area contributed by atoms with Crippen molar-refractivity contribution in [1.82, 2.24) is 0 Å². The second kappa shape index (κ2) is 8.44. The Morgan fingerprint density at radius 2 is 1.07 bits per heavy atom. The van der Waals surface area contributed by atoms with Crippen LogP contribution < -0.4 is 0 Å². The van der Waals surface area contributed by atoms with Gasteiger partial charge in [-0.15, -0.1) is 0 Å². The summed E-state index contributed by atoms with van der Waals surface area (Å²) < 4.78 is 0. The summed E-state index contributed by atoms with van der Waals surface area (Å²) in [4.78, 5) is 12.4. The molecule has 2 fully saturated rings. The Labute approximate surface area is 178 Å². The SMILES string of the molecule is CC(C)(C)C1CCC(c2cccc(C3CCC(C(C)(C)C)CC3)c2C(=O)O)CC1. The quantitative estimate of drug-likeness (QED) is 0.559. The van der Waals surface area contributed by atoms with E-state index >= 15 is 0 Å². The molecule has 1 aromatic rings. The highest BCUT2D eigenvalue weighted by Crippen LogP contribution is 2.47. The fourth-order valence-electron chi connectivity index (χ4n) is 6.06. The molecule has 0 heterocycles. The third-order valence-electron chi connectivity index (χ3n) is 8.13. The summed E-state index contributed by atoms with van der Waals surface area (Å²) in [6.07, 6.45) is 9.38. The minimum Gasteiger partial charge on any atom is -0.478 e. The molecule has 29 heavy (non-hydrogen) atoms. The lowest BCUT2D eigenvalue weighted by Gasteiger charge is -2.39. The summed E-state index contributed by atoms with van der Waals surface area (Å²) in [7, 11) is 0. The van der Waals surface area contributed by atoms with Crippen LogP contribution in [0.25, 0.3) is 0 Å². The van der Waals surface area contributed by atoms with E-state index in [2.05, 4.69) is 59.7 Å². The van der Waals surface area contributed by atoms with E-state index in [0.29, 0.717) is 28.2 Å².